The Balaban J connectivity index is 1.62. The lowest BCUT2D eigenvalue weighted by molar-refractivity contribution is -0.128. The molecule has 27 heavy (non-hydrogen) atoms. The molecule has 0 saturated carbocycles. The largest absolute Gasteiger partial charge is 0.353 e. The van der Waals surface area contributed by atoms with Crippen molar-refractivity contribution in [2.75, 3.05) is 6.54 Å². The van der Waals surface area contributed by atoms with Crippen LogP contribution in [-0.4, -0.2) is 31.3 Å². The van der Waals surface area contributed by atoms with E-state index in [2.05, 4.69) is 52.4 Å². The molecule has 3 aromatic rings. The zero-order chi connectivity index (χ0) is 19.0. The molecule has 0 aliphatic carbocycles. The lowest BCUT2D eigenvalue weighted by Crippen LogP contribution is -2.34. The Morgan fingerprint density at radius 3 is 2.93 bits per heavy atom. The lowest BCUT2D eigenvalue weighted by atomic mass is 10.1. The highest BCUT2D eigenvalue weighted by Gasteiger charge is 2.27. The van der Waals surface area contributed by atoms with E-state index < -0.39 is 0 Å². The number of fused-ring (bicyclic) bond motifs is 1. The Labute approximate surface area is 163 Å². The number of likely N-dealkylation sites (tertiary alicyclic amines) is 1. The van der Waals surface area contributed by atoms with Crippen LogP contribution in [0.4, 0.5) is 0 Å². The number of nitrogens with zero attached hydrogens (tertiary/aromatic N) is 4. The summed E-state index contributed by atoms with van der Waals surface area (Å²) in [5.74, 6) is 0.0874. The predicted octanol–water partition coefficient (Wildman–Crippen LogP) is 4.51. The molecule has 1 aliphatic heterocycles. The molecule has 0 aromatic carbocycles. The SMILES string of the molecule is Cc1cn2c(/C=C/C(=O)N3CCCCC[C@@H]3c3cccn3C)c(C)nc2s1. The van der Waals surface area contributed by atoms with Crippen molar-refractivity contribution >= 4 is 28.3 Å². The van der Waals surface area contributed by atoms with E-state index >= 15 is 0 Å². The number of amides is 1. The van der Waals surface area contributed by atoms with Gasteiger partial charge in [-0.15, -0.1) is 11.3 Å². The summed E-state index contributed by atoms with van der Waals surface area (Å²) in [6.45, 7) is 4.89. The molecular formula is C21H26N4OS. The van der Waals surface area contributed by atoms with Crippen LogP contribution in [0.5, 0.6) is 0 Å². The molecular weight excluding hydrogens is 356 g/mol. The summed E-state index contributed by atoms with van der Waals surface area (Å²) in [5.41, 5.74) is 3.17. The third kappa shape index (κ3) is 3.46. The maximum absolute atomic E-state index is 13.1. The summed E-state index contributed by atoms with van der Waals surface area (Å²) in [7, 11) is 2.06. The highest BCUT2D eigenvalue weighted by molar-refractivity contribution is 7.17. The van der Waals surface area contributed by atoms with Crippen molar-refractivity contribution < 1.29 is 4.79 Å². The molecule has 1 saturated heterocycles. The van der Waals surface area contributed by atoms with E-state index in [0.29, 0.717) is 0 Å². The third-order valence-electron chi connectivity index (χ3n) is 5.41. The minimum atomic E-state index is 0.0874. The van der Waals surface area contributed by atoms with Gasteiger partial charge in [0.1, 0.15) is 0 Å². The van der Waals surface area contributed by atoms with Crippen LogP contribution in [0, 0.1) is 13.8 Å². The number of hydrogen-bond donors (Lipinski definition) is 0. The van der Waals surface area contributed by atoms with E-state index in [-0.39, 0.29) is 11.9 Å². The Morgan fingerprint density at radius 1 is 1.30 bits per heavy atom. The summed E-state index contributed by atoms with van der Waals surface area (Å²) in [6.07, 6.45) is 12.2. The first kappa shape index (κ1) is 18.0. The average molecular weight is 383 g/mol. The second-order valence-electron chi connectivity index (χ2n) is 7.35. The molecule has 5 nitrogen and oxygen atoms in total. The fraction of sp³-hybridized carbons (Fsp3) is 0.429. The summed E-state index contributed by atoms with van der Waals surface area (Å²) in [4.78, 5) is 22.0. The molecule has 3 aromatic heterocycles. The number of carbonyl (C=O) groups is 1. The third-order valence-corrected chi connectivity index (χ3v) is 6.31. The van der Waals surface area contributed by atoms with Crippen LogP contribution < -0.4 is 0 Å². The topological polar surface area (TPSA) is 42.5 Å². The monoisotopic (exact) mass is 382 g/mol. The van der Waals surface area contributed by atoms with E-state index in [1.54, 1.807) is 17.4 Å². The lowest BCUT2D eigenvalue weighted by Gasteiger charge is -2.29. The molecule has 4 heterocycles. The van der Waals surface area contributed by atoms with Gasteiger partial charge in [-0.1, -0.05) is 12.8 Å². The quantitative estimate of drug-likeness (QED) is 0.626. The second-order valence-corrected chi connectivity index (χ2v) is 8.56. The van der Waals surface area contributed by atoms with Crippen molar-refractivity contribution in [2.45, 2.75) is 45.6 Å². The molecule has 4 rings (SSSR count). The van der Waals surface area contributed by atoms with Gasteiger partial charge in [0.25, 0.3) is 0 Å². The molecule has 0 radical (unpaired) electrons. The zero-order valence-corrected chi connectivity index (χ0v) is 17.0. The van der Waals surface area contributed by atoms with Crippen molar-refractivity contribution in [3.05, 3.63) is 52.6 Å². The van der Waals surface area contributed by atoms with Gasteiger partial charge in [-0.2, -0.15) is 0 Å². The molecule has 142 valence electrons. The van der Waals surface area contributed by atoms with Gasteiger partial charge < -0.3 is 9.47 Å². The van der Waals surface area contributed by atoms with Crippen molar-refractivity contribution in [2.24, 2.45) is 7.05 Å². The van der Waals surface area contributed by atoms with Crippen LogP contribution >= 0.6 is 11.3 Å². The average Bonchev–Trinajstić information content (AvgIpc) is 3.21. The second kappa shape index (κ2) is 7.35. The maximum atomic E-state index is 13.1. The fourth-order valence-corrected chi connectivity index (χ4v) is 4.91. The molecule has 1 aliphatic rings. The minimum absolute atomic E-state index is 0.0874. The van der Waals surface area contributed by atoms with Crippen LogP contribution in [0.25, 0.3) is 11.0 Å². The van der Waals surface area contributed by atoms with Crippen molar-refractivity contribution in [1.82, 2.24) is 18.9 Å². The normalized spacial score (nSPS) is 18.5. The van der Waals surface area contributed by atoms with Crippen LogP contribution in [0.1, 0.15) is 53.7 Å². The van der Waals surface area contributed by atoms with Crippen LogP contribution in [-0.2, 0) is 11.8 Å². The number of aromatic nitrogens is 3. The Bertz CT molecular complexity index is 993. The van der Waals surface area contributed by atoms with Gasteiger partial charge in [-0.05, 0) is 44.9 Å². The Morgan fingerprint density at radius 2 is 2.15 bits per heavy atom. The molecule has 6 heteroatoms. The van der Waals surface area contributed by atoms with Crippen molar-refractivity contribution in [1.29, 1.82) is 0 Å². The number of thiazole rings is 1. The van der Waals surface area contributed by atoms with E-state index in [0.717, 1.165) is 35.7 Å². The van der Waals surface area contributed by atoms with E-state index in [1.165, 1.54) is 23.4 Å². The van der Waals surface area contributed by atoms with E-state index in [1.807, 2.05) is 17.9 Å². The van der Waals surface area contributed by atoms with Gasteiger partial charge >= 0.3 is 0 Å². The van der Waals surface area contributed by atoms with Crippen LogP contribution in [0.3, 0.4) is 0 Å². The van der Waals surface area contributed by atoms with Crippen molar-refractivity contribution in [3.8, 4) is 0 Å². The number of rotatable bonds is 3. The summed E-state index contributed by atoms with van der Waals surface area (Å²) in [5, 5.41) is 0. The minimum Gasteiger partial charge on any atom is -0.353 e. The van der Waals surface area contributed by atoms with E-state index in [4.69, 9.17) is 0 Å². The number of carbonyl (C=O) groups excluding carboxylic acids is 1. The van der Waals surface area contributed by atoms with Gasteiger partial charge in [0, 0.05) is 42.6 Å². The van der Waals surface area contributed by atoms with Crippen LogP contribution in [0.15, 0.2) is 30.6 Å². The maximum Gasteiger partial charge on any atom is 0.247 e. The van der Waals surface area contributed by atoms with E-state index in [9.17, 15) is 4.79 Å². The predicted molar refractivity (Wildman–Crippen MR) is 110 cm³/mol. The molecule has 1 atom stereocenters. The summed E-state index contributed by atoms with van der Waals surface area (Å²) in [6, 6.07) is 4.35. The number of hydrogen-bond acceptors (Lipinski definition) is 3. The first-order valence-corrected chi connectivity index (χ1v) is 10.4. The highest BCUT2D eigenvalue weighted by Crippen LogP contribution is 2.30. The van der Waals surface area contributed by atoms with Gasteiger partial charge in [0.05, 0.1) is 17.4 Å². The highest BCUT2D eigenvalue weighted by atomic mass is 32.1. The molecule has 0 spiro atoms. The number of imidazole rings is 1. The molecule has 0 unspecified atom stereocenters. The van der Waals surface area contributed by atoms with Crippen LogP contribution in [0.2, 0.25) is 0 Å². The molecule has 0 N–H and O–H groups in total. The fourth-order valence-electron chi connectivity index (χ4n) is 4.03. The summed E-state index contributed by atoms with van der Waals surface area (Å²) >= 11 is 1.67. The number of aryl methyl sites for hydroxylation is 3. The Hall–Kier alpha value is -2.34. The zero-order valence-electron chi connectivity index (χ0n) is 16.2. The van der Waals surface area contributed by atoms with Gasteiger partial charge in [0.15, 0.2) is 4.96 Å². The molecule has 0 bridgehead atoms. The smallest absolute Gasteiger partial charge is 0.247 e. The Kier molecular flexibility index (Phi) is 4.91. The standard InChI is InChI=1S/C21H26N4OS/c1-15-14-25-17(16(2)22-21(25)27-15)10-11-20(26)24-13-6-4-5-8-19(24)18-9-7-12-23(18)3/h7,9-12,14,19H,4-6,8,13H2,1-3H3/b11-10+/t19-/m1/s1. The van der Waals surface area contributed by atoms with Gasteiger partial charge in [-0.25, -0.2) is 4.98 Å². The molecule has 1 fully saturated rings. The first-order valence-electron chi connectivity index (χ1n) is 9.59. The van der Waals surface area contributed by atoms with Gasteiger partial charge in [0.2, 0.25) is 5.91 Å². The first-order chi connectivity index (χ1) is 13.0. The van der Waals surface area contributed by atoms with Crippen molar-refractivity contribution in [3.63, 3.8) is 0 Å². The molecule has 1 amide bonds. The summed E-state index contributed by atoms with van der Waals surface area (Å²) < 4.78 is 4.22. The van der Waals surface area contributed by atoms with Gasteiger partial charge in [-0.3, -0.25) is 9.20 Å².